The summed E-state index contributed by atoms with van der Waals surface area (Å²) in [5.41, 5.74) is 0.392. The van der Waals surface area contributed by atoms with Crippen LogP contribution in [0.4, 0.5) is 0 Å². The lowest BCUT2D eigenvalue weighted by Gasteiger charge is -2.34. The van der Waals surface area contributed by atoms with Crippen molar-refractivity contribution >= 4 is 11.8 Å². The molecule has 0 aromatic carbocycles. The van der Waals surface area contributed by atoms with E-state index in [0.717, 1.165) is 32.4 Å². The van der Waals surface area contributed by atoms with Gasteiger partial charge in [-0.3, -0.25) is 9.59 Å². The fraction of sp³-hybridized carbons (Fsp3) is 0.867. The number of hydrogen-bond acceptors (Lipinski definition) is 2. The highest BCUT2D eigenvalue weighted by Gasteiger charge is 2.48. The van der Waals surface area contributed by atoms with E-state index in [1.54, 1.807) is 0 Å². The summed E-state index contributed by atoms with van der Waals surface area (Å²) >= 11 is 0. The number of rotatable bonds is 2. The van der Waals surface area contributed by atoms with Crippen LogP contribution in [0.25, 0.3) is 0 Å². The summed E-state index contributed by atoms with van der Waals surface area (Å²) in [6.45, 7) is 6.77. The SMILES string of the molecule is CC1(C)CC1CN1CCC(=O)N2CCCCC2C1=O. The van der Waals surface area contributed by atoms with Gasteiger partial charge >= 0.3 is 0 Å². The molecule has 3 fully saturated rings. The lowest BCUT2D eigenvalue weighted by Crippen LogP contribution is -2.50. The van der Waals surface area contributed by atoms with E-state index in [-0.39, 0.29) is 17.9 Å². The van der Waals surface area contributed by atoms with Gasteiger partial charge in [0, 0.05) is 26.1 Å². The van der Waals surface area contributed by atoms with Gasteiger partial charge in [-0.15, -0.1) is 0 Å². The predicted octanol–water partition coefficient (Wildman–Crippen LogP) is 1.65. The highest BCUT2D eigenvalue weighted by Crippen LogP contribution is 2.52. The van der Waals surface area contributed by atoms with Gasteiger partial charge in [0.2, 0.25) is 11.8 Å². The maximum absolute atomic E-state index is 12.6. The van der Waals surface area contributed by atoms with Gasteiger partial charge in [-0.05, 0) is 37.0 Å². The summed E-state index contributed by atoms with van der Waals surface area (Å²) in [6, 6.07) is -0.161. The van der Waals surface area contributed by atoms with Crippen LogP contribution >= 0.6 is 0 Å². The minimum Gasteiger partial charge on any atom is -0.340 e. The summed E-state index contributed by atoms with van der Waals surface area (Å²) in [5.74, 6) is 1.01. The van der Waals surface area contributed by atoms with Crippen molar-refractivity contribution in [2.45, 2.75) is 52.0 Å². The third-order valence-corrected chi connectivity index (χ3v) is 5.17. The second kappa shape index (κ2) is 4.50. The van der Waals surface area contributed by atoms with Crippen LogP contribution in [0, 0.1) is 11.3 Å². The monoisotopic (exact) mass is 264 g/mol. The van der Waals surface area contributed by atoms with Crippen LogP contribution in [0.1, 0.15) is 46.0 Å². The Balaban J connectivity index is 1.72. The first-order chi connectivity index (χ1) is 8.99. The normalized spacial score (nSPS) is 34.0. The van der Waals surface area contributed by atoms with Crippen molar-refractivity contribution in [2.24, 2.45) is 11.3 Å². The van der Waals surface area contributed by atoms with E-state index in [9.17, 15) is 9.59 Å². The molecule has 0 radical (unpaired) electrons. The maximum Gasteiger partial charge on any atom is 0.245 e. The summed E-state index contributed by atoms with van der Waals surface area (Å²) in [4.78, 5) is 28.5. The van der Waals surface area contributed by atoms with Crippen LogP contribution in [0.15, 0.2) is 0 Å². The summed E-state index contributed by atoms with van der Waals surface area (Å²) in [7, 11) is 0. The molecule has 3 rings (SSSR count). The molecule has 2 aliphatic heterocycles. The number of carbonyl (C=O) groups excluding carboxylic acids is 2. The molecule has 106 valence electrons. The molecule has 2 unspecified atom stereocenters. The first-order valence-electron chi connectivity index (χ1n) is 7.57. The standard InChI is InChI=1S/C15H24N2O2/c1-15(2)9-11(15)10-16-8-6-13(18)17-7-4-3-5-12(17)14(16)19/h11-12H,3-10H2,1-2H3. The number of hydrogen-bond donors (Lipinski definition) is 0. The molecule has 1 aliphatic carbocycles. The Kier molecular flexibility index (Phi) is 3.06. The van der Waals surface area contributed by atoms with Crippen molar-refractivity contribution in [1.82, 2.24) is 9.80 Å². The lowest BCUT2D eigenvalue weighted by molar-refractivity contribution is -0.143. The smallest absolute Gasteiger partial charge is 0.245 e. The second-order valence-electron chi connectivity index (χ2n) is 7.02. The van der Waals surface area contributed by atoms with Gasteiger partial charge in [0.05, 0.1) is 0 Å². The topological polar surface area (TPSA) is 40.6 Å². The minimum atomic E-state index is -0.161. The van der Waals surface area contributed by atoms with E-state index in [1.807, 2.05) is 9.80 Å². The van der Waals surface area contributed by atoms with E-state index in [4.69, 9.17) is 0 Å². The van der Waals surface area contributed by atoms with E-state index in [0.29, 0.717) is 24.3 Å². The molecule has 0 N–H and O–H groups in total. The molecule has 3 aliphatic rings. The van der Waals surface area contributed by atoms with Crippen LogP contribution < -0.4 is 0 Å². The van der Waals surface area contributed by atoms with E-state index in [2.05, 4.69) is 13.8 Å². The number of fused-ring (bicyclic) bond motifs is 1. The fourth-order valence-electron chi connectivity index (χ4n) is 3.52. The Hall–Kier alpha value is -1.06. The minimum absolute atomic E-state index is 0.161. The van der Waals surface area contributed by atoms with Crippen molar-refractivity contribution < 1.29 is 9.59 Å². The van der Waals surface area contributed by atoms with Gasteiger partial charge in [-0.2, -0.15) is 0 Å². The van der Waals surface area contributed by atoms with Gasteiger partial charge in [-0.25, -0.2) is 0 Å². The maximum atomic E-state index is 12.6. The molecule has 1 saturated carbocycles. The summed E-state index contributed by atoms with van der Waals surface area (Å²) in [6.07, 6.45) is 4.69. The molecule has 4 nitrogen and oxygen atoms in total. The van der Waals surface area contributed by atoms with Crippen molar-refractivity contribution in [3.8, 4) is 0 Å². The molecule has 0 bridgehead atoms. The molecule has 2 atom stereocenters. The van der Waals surface area contributed by atoms with Gasteiger partial charge in [0.1, 0.15) is 6.04 Å². The molecule has 19 heavy (non-hydrogen) atoms. The highest BCUT2D eigenvalue weighted by molar-refractivity contribution is 5.90. The van der Waals surface area contributed by atoms with Crippen LogP contribution in [-0.2, 0) is 9.59 Å². The number of piperidine rings is 1. The number of amides is 2. The van der Waals surface area contributed by atoms with Crippen molar-refractivity contribution in [2.75, 3.05) is 19.6 Å². The zero-order chi connectivity index (χ0) is 13.6. The molecule has 4 heteroatoms. The Labute approximate surface area is 115 Å². The summed E-state index contributed by atoms with van der Waals surface area (Å²) in [5, 5.41) is 0. The Morgan fingerprint density at radius 2 is 1.95 bits per heavy atom. The van der Waals surface area contributed by atoms with Crippen molar-refractivity contribution in [3.05, 3.63) is 0 Å². The first-order valence-corrected chi connectivity index (χ1v) is 7.57. The molecule has 0 spiro atoms. The highest BCUT2D eigenvalue weighted by atomic mass is 16.2. The largest absolute Gasteiger partial charge is 0.340 e. The zero-order valence-corrected chi connectivity index (χ0v) is 12.0. The van der Waals surface area contributed by atoms with Gasteiger partial charge < -0.3 is 9.80 Å². The van der Waals surface area contributed by atoms with Crippen molar-refractivity contribution in [3.63, 3.8) is 0 Å². The second-order valence-corrected chi connectivity index (χ2v) is 7.02. The zero-order valence-electron chi connectivity index (χ0n) is 12.0. The van der Waals surface area contributed by atoms with Gasteiger partial charge in [0.25, 0.3) is 0 Å². The fourth-order valence-corrected chi connectivity index (χ4v) is 3.52. The van der Waals surface area contributed by atoms with Crippen LogP contribution in [0.5, 0.6) is 0 Å². The Morgan fingerprint density at radius 1 is 1.21 bits per heavy atom. The number of carbonyl (C=O) groups is 2. The molecule has 0 aromatic rings. The molecular formula is C15H24N2O2. The Morgan fingerprint density at radius 3 is 2.63 bits per heavy atom. The predicted molar refractivity (Wildman–Crippen MR) is 72.4 cm³/mol. The van der Waals surface area contributed by atoms with E-state index < -0.39 is 0 Å². The van der Waals surface area contributed by atoms with Crippen molar-refractivity contribution in [1.29, 1.82) is 0 Å². The average Bonchev–Trinajstić information content (AvgIpc) is 3.02. The van der Waals surface area contributed by atoms with Crippen LogP contribution in [0.3, 0.4) is 0 Å². The van der Waals surface area contributed by atoms with E-state index >= 15 is 0 Å². The third kappa shape index (κ3) is 2.37. The van der Waals surface area contributed by atoms with Gasteiger partial charge in [-0.1, -0.05) is 13.8 Å². The quantitative estimate of drug-likeness (QED) is 0.761. The average molecular weight is 264 g/mol. The van der Waals surface area contributed by atoms with Gasteiger partial charge in [0.15, 0.2) is 0 Å². The molecule has 2 amide bonds. The Bertz CT molecular complexity index is 405. The summed E-state index contributed by atoms with van der Waals surface area (Å²) < 4.78 is 0. The lowest BCUT2D eigenvalue weighted by atomic mass is 10.0. The molecular weight excluding hydrogens is 240 g/mol. The van der Waals surface area contributed by atoms with E-state index in [1.165, 1.54) is 6.42 Å². The molecule has 2 heterocycles. The third-order valence-electron chi connectivity index (χ3n) is 5.17. The first kappa shape index (κ1) is 12.9. The number of nitrogens with zero attached hydrogens (tertiary/aromatic N) is 2. The molecule has 2 saturated heterocycles. The van der Waals surface area contributed by atoms with Crippen LogP contribution in [0.2, 0.25) is 0 Å². The van der Waals surface area contributed by atoms with Crippen LogP contribution in [-0.4, -0.2) is 47.3 Å². The molecule has 0 aromatic heterocycles.